The van der Waals surface area contributed by atoms with Crippen molar-refractivity contribution in [3.63, 3.8) is 0 Å². The summed E-state index contributed by atoms with van der Waals surface area (Å²) in [5.74, 6) is 2.51. The number of nitrogens with zero attached hydrogens (tertiary/aromatic N) is 2. The molecule has 3 nitrogen and oxygen atoms in total. The van der Waals surface area contributed by atoms with Crippen molar-refractivity contribution < 1.29 is 0 Å². The lowest BCUT2D eigenvalue weighted by molar-refractivity contribution is 0.927. The van der Waals surface area contributed by atoms with E-state index in [1.165, 1.54) is 12.8 Å². The summed E-state index contributed by atoms with van der Waals surface area (Å²) in [5, 5.41) is 3.29. The van der Waals surface area contributed by atoms with Crippen LogP contribution in [0.2, 0.25) is 0 Å². The predicted octanol–water partition coefficient (Wildman–Crippen LogP) is 3.45. The van der Waals surface area contributed by atoms with Crippen molar-refractivity contribution in [2.24, 2.45) is 0 Å². The Balaban J connectivity index is 2.02. The molecule has 1 N–H and O–H groups in total. The van der Waals surface area contributed by atoms with Crippen LogP contribution in [0.1, 0.15) is 31.5 Å². The molecule has 1 heterocycles. The van der Waals surface area contributed by atoms with E-state index in [1.54, 1.807) is 0 Å². The Labute approximate surface area is 107 Å². The maximum Gasteiger partial charge on any atom is 0.134 e. The van der Waals surface area contributed by atoms with Crippen molar-refractivity contribution in [1.29, 1.82) is 0 Å². The molecule has 2 aromatic rings. The standard InChI is InChI=1S/C15H17N3/c1-2-16-14-10-13(11-6-4-3-5-7-11)17-15(18-14)12-8-9-12/h3-7,10,12H,2,8-9H2,1H3,(H,16,17,18). The zero-order chi connectivity index (χ0) is 12.4. The van der Waals surface area contributed by atoms with Gasteiger partial charge in [-0.15, -0.1) is 0 Å². The molecule has 0 radical (unpaired) electrons. The van der Waals surface area contributed by atoms with Crippen molar-refractivity contribution in [3.05, 3.63) is 42.2 Å². The Morgan fingerprint density at radius 3 is 2.61 bits per heavy atom. The molecule has 0 atom stereocenters. The average molecular weight is 239 g/mol. The number of benzene rings is 1. The van der Waals surface area contributed by atoms with Crippen molar-refractivity contribution in [2.45, 2.75) is 25.7 Å². The third kappa shape index (κ3) is 2.35. The van der Waals surface area contributed by atoms with Crippen LogP contribution in [0.4, 0.5) is 5.82 Å². The van der Waals surface area contributed by atoms with E-state index < -0.39 is 0 Å². The summed E-state index contributed by atoms with van der Waals surface area (Å²) in [4.78, 5) is 9.29. The van der Waals surface area contributed by atoms with E-state index in [0.717, 1.165) is 29.4 Å². The van der Waals surface area contributed by atoms with Crippen LogP contribution < -0.4 is 5.32 Å². The molecule has 1 saturated carbocycles. The molecule has 1 fully saturated rings. The lowest BCUT2D eigenvalue weighted by Gasteiger charge is -2.08. The average Bonchev–Trinajstić information content (AvgIpc) is 3.24. The quantitative estimate of drug-likeness (QED) is 0.888. The molecule has 0 amide bonds. The zero-order valence-electron chi connectivity index (χ0n) is 10.6. The molecule has 1 aliphatic carbocycles. The predicted molar refractivity (Wildman–Crippen MR) is 73.6 cm³/mol. The largest absolute Gasteiger partial charge is 0.370 e. The fourth-order valence-electron chi connectivity index (χ4n) is 2.02. The summed E-state index contributed by atoms with van der Waals surface area (Å²) in [7, 11) is 0. The van der Waals surface area contributed by atoms with Gasteiger partial charge in [-0.2, -0.15) is 0 Å². The summed E-state index contributed by atoms with van der Waals surface area (Å²) in [6.45, 7) is 2.97. The van der Waals surface area contributed by atoms with Crippen LogP contribution in [0.5, 0.6) is 0 Å². The molecule has 0 bridgehead atoms. The van der Waals surface area contributed by atoms with Gasteiger partial charge in [0.2, 0.25) is 0 Å². The molecule has 0 spiro atoms. The maximum absolute atomic E-state index is 4.70. The number of hydrogen-bond acceptors (Lipinski definition) is 3. The summed E-state index contributed by atoms with van der Waals surface area (Å²) in [5.41, 5.74) is 2.17. The van der Waals surface area contributed by atoms with E-state index in [9.17, 15) is 0 Å². The van der Waals surface area contributed by atoms with Gasteiger partial charge in [-0.3, -0.25) is 0 Å². The van der Waals surface area contributed by atoms with E-state index in [4.69, 9.17) is 4.98 Å². The minimum absolute atomic E-state index is 0.575. The first-order chi connectivity index (χ1) is 8.86. The first-order valence-corrected chi connectivity index (χ1v) is 6.55. The fourth-order valence-corrected chi connectivity index (χ4v) is 2.02. The van der Waals surface area contributed by atoms with Crippen LogP contribution in [0.25, 0.3) is 11.3 Å². The first kappa shape index (κ1) is 11.2. The third-order valence-corrected chi connectivity index (χ3v) is 3.11. The molecule has 18 heavy (non-hydrogen) atoms. The lowest BCUT2D eigenvalue weighted by atomic mass is 10.1. The van der Waals surface area contributed by atoms with Crippen LogP contribution >= 0.6 is 0 Å². The molecular formula is C15H17N3. The Bertz CT molecular complexity index is 533. The number of rotatable bonds is 4. The van der Waals surface area contributed by atoms with Gasteiger partial charge in [-0.25, -0.2) is 9.97 Å². The molecule has 0 aliphatic heterocycles. The second-order valence-electron chi connectivity index (χ2n) is 4.67. The summed E-state index contributed by atoms with van der Waals surface area (Å²) < 4.78 is 0. The van der Waals surface area contributed by atoms with Gasteiger partial charge in [0, 0.05) is 24.1 Å². The summed E-state index contributed by atoms with van der Waals surface area (Å²) in [6, 6.07) is 12.3. The normalized spacial score (nSPS) is 14.5. The van der Waals surface area contributed by atoms with Gasteiger partial charge in [0.05, 0.1) is 5.69 Å². The zero-order valence-corrected chi connectivity index (χ0v) is 10.6. The first-order valence-electron chi connectivity index (χ1n) is 6.55. The van der Waals surface area contributed by atoms with Gasteiger partial charge in [0.25, 0.3) is 0 Å². The van der Waals surface area contributed by atoms with E-state index in [1.807, 2.05) is 24.3 Å². The Morgan fingerprint density at radius 1 is 1.17 bits per heavy atom. The fraction of sp³-hybridized carbons (Fsp3) is 0.333. The number of nitrogens with one attached hydrogen (secondary N) is 1. The van der Waals surface area contributed by atoms with Crippen LogP contribution in [0.15, 0.2) is 36.4 Å². The topological polar surface area (TPSA) is 37.8 Å². The SMILES string of the molecule is CCNc1cc(-c2ccccc2)nc(C2CC2)n1. The number of hydrogen-bond donors (Lipinski definition) is 1. The van der Waals surface area contributed by atoms with E-state index in [0.29, 0.717) is 5.92 Å². The molecule has 0 saturated heterocycles. The van der Waals surface area contributed by atoms with Crippen molar-refractivity contribution in [2.75, 3.05) is 11.9 Å². The Morgan fingerprint density at radius 2 is 1.94 bits per heavy atom. The van der Waals surface area contributed by atoms with E-state index in [-0.39, 0.29) is 0 Å². The Hall–Kier alpha value is -1.90. The highest BCUT2D eigenvalue weighted by Crippen LogP contribution is 2.39. The lowest BCUT2D eigenvalue weighted by Crippen LogP contribution is -2.04. The Kier molecular flexibility index (Phi) is 2.97. The maximum atomic E-state index is 4.70. The van der Waals surface area contributed by atoms with Crippen molar-refractivity contribution >= 4 is 5.82 Å². The smallest absolute Gasteiger partial charge is 0.134 e. The van der Waals surface area contributed by atoms with Gasteiger partial charge in [-0.05, 0) is 19.8 Å². The monoisotopic (exact) mass is 239 g/mol. The van der Waals surface area contributed by atoms with Crippen molar-refractivity contribution in [1.82, 2.24) is 9.97 Å². The highest BCUT2D eigenvalue weighted by atomic mass is 15.0. The highest BCUT2D eigenvalue weighted by Gasteiger charge is 2.27. The molecule has 3 rings (SSSR count). The van der Waals surface area contributed by atoms with Gasteiger partial charge in [-0.1, -0.05) is 30.3 Å². The van der Waals surface area contributed by atoms with Crippen LogP contribution in [-0.2, 0) is 0 Å². The summed E-state index contributed by atoms with van der Waals surface area (Å²) in [6.07, 6.45) is 2.45. The van der Waals surface area contributed by atoms with Gasteiger partial charge in [0.15, 0.2) is 0 Å². The molecular weight excluding hydrogens is 222 g/mol. The van der Waals surface area contributed by atoms with Gasteiger partial charge in [0.1, 0.15) is 11.6 Å². The van der Waals surface area contributed by atoms with Gasteiger partial charge >= 0.3 is 0 Å². The van der Waals surface area contributed by atoms with Crippen LogP contribution in [-0.4, -0.2) is 16.5 Å². The molecule has 0 unspecified atom stereocenters. The van der Waals surface area contributed by atoms with Crippen LogP contribution in [0, 0.1) is 0 Å². The highest BCUT2D eigenvalue weighted by molar-refractivity contribution is 5.62. The second kappa shape index (κ2) is 4.77. The minimum Gasteiger partial charge on any atom is -0.370 e. The minimum atomic E-state index is 0.575. The molecule has 1 aromatic carbocycles. The second-order valence-corrected chi connectivity index (χ2v) is 4.67. The number of anilines is 1. The van der Waals surface area contributed by atoms with Crippen molar-refractivity contribution in [3.8, 4) is 11.3 Å². The van der Waals surface area contributed by atoms with E-state index in [2.05, 4.69) is 29.4 Å². The van der Waals surface area contributed by atoms with Gasteiger partial charge < -0.3 is 5.32 Å². The third-order valence-electron chi connectivity index (χ3n) is 3.11. The number of aromatic nitrogens is 2. The molecule has 92 valence electrons. The molecule has 1 aliphatic rings. The molecule has 1 aromatic heterocycles. The van der Waals surface area contributed by atoms with Crippen LogP contribution in [0.3, 0.4) is 0 Å². The summed E-state index contributed by atoms with van der Waals surface area (Å²) >= 11 is 0. The van der Waals surface area contributed by atoms with E-state index >= 15 is 0 Å². The molecule has 3 heteroatoms.